The van der Waals surface area contributed by atoms with Crippen LogP contribution in [-0.2, 0) is 35.2 Å². The molecule has 0 aliphatic carbocycles. The molecule has 2 aliphatic heterocycles. The molecular formula is C18H18N2O6. The number of rotatable bonds is 6. The molecule has 4 amide bonds. The Labute approximate surface area is 149 Å². The minimum atomic E-state index is -0.626. The molecule has 136 valence electrons. The van der Waals surface area contributed by atoms with Crippen molar-refractivity contribution < 1.29 is 28.8 Å². The van der Waals surface area contributed by atoms with Crippen molar-refractivity contribution in [1.82, 2.24) is 5.06 Å². The van der Waals surface area contributed by atoms with E-state index in [0.29, 0.717) is 23.6 Å². The zero-order valence-corrected chi connectivity index (χ0v) is 14.1. The van der Waals surface area contributed by atoms with Crippen LogP contribution in [0.25, 0.3) is 0 Å². The lowest BCUT2D eigenvalue weighted by molar-refractivity contribution is -0.197. The molecule has 0 bridgehead atoms. The number of hydrogen-bond donors (Lipinski definition) is 0. The van der Waals surface area contributed by atoms with Gasteiger partial charge in [-0.1, -0.05) is 12.1 Å². The van der Waals surface area contributed by atoms with Crippen molar-refractivity contribution in [3.63, 3.8) is 0 Å². The maximum absolute atomic E-state index is 11.7. The third kappa shape index (κ3) is 3.79. The van der Waals surface area contributed by atoms with Gasteiger partial charge in [0.2, 0.25) is 11.8 Å². The summed E-state index contributed by atoms with van der Waals surface area (Å²) in [7, 11) is 0. The van der Waals surface area contributed by atoms with Gasteiger partial charge in [0.15, 0.2) is 0 Å². The number of nitrogens with zero attached hydrogens (tertiary/aromatic N) is 2. The molecule has 2 heterocycles. The van der Waals surface area contributed by atoms with Crippen LogP contribution in [0.3, 0.4) is 0 Å². The average molecular weight is 358 g/mol. The largest absolute Gasteiger partial charge is 0.333 e. The summed E-state index contributed by atoms with van der Waals surface area (Å²) in [6.45, 7) is 0. The van der Waals surface area contributed by atoms with Crippen molar-refractivity contribution in [2.75, 3.05) is 4.90 Å². The molecule has 26 heavy (non-hydrogen) atoms. The fourth-order valence-corrected chi connectivity index (χ4v) is 2.92. The Kier molecular flexibility index (Phi) is 5.11. The molecule has 2 aliphatic rings. The van der Waals surface area contributed by atoms with E-state index in [2.05, 4.69) is 0 Å². The number of anilines is 1. The molecule has 1 aromatic carbocycles. The standard InChI is InChI=1S/C18H18N2O6/c21-14-8-9-15(22)19(14)13-6-4-12(5-7-13)2-1-3-18(25)26-20-16(23)10-11-17(20)24/h4-7H,1-3,8-11H2. The number of amides is 4. The van der Waals surface area contributed by atoms with E-state index in [1.165, 1.54) is 4.90 Å². The van der Waals surface area contributed by atoms with Crippen LogP contribution < -0.4 is 4.90 Å². The normalized spacial score (nSPS) is 17.4. The van der Waals surface area contributed by atoms with Crippen molar-refractivity contribution in [3.8, 4) is 0 Å². The third-order valence-corrected chi connectivity index (χ3v) is 4.29. The summed E-state index contributed by atoms with van der Waals surface area (Å²) in [5.74, 6) is -2.01. The number of hydrogen-bond acceptors (Lipinski definition) is 6. The molecular weight excluding hydrogens is 340 g/mol. The molecule has 0 aromatic heterocycles. The van der Waals surface area contributed by atoms with Crippen LogP contribution in [0.5, 0.6) is 0 Å². The lowest BCUT2D eigenvalue weighted by atomic mass is 10.1. The van der Waals surface area contributed by atoms with E-state index in [-0.39, 0.29) is 43.9 Å². The Hall–Kier alpha value is -3.03. The Balaban J connectivity index is 1.47. The predicted molar refractivity (Wildman–Crippen MR) is 88.3 cm³/mol. The van der Waals surface area contributed by atoms with Crippen LogP contribution >= 0.6 is 0 Å². The van der Waals surface area contributed by atoms with Crippen molar-refractivity contribution in [1.29, 1.82) is 0 Å². The highest BCUT2D eigenvalue weighted by Crippen LogP contribution is 2.23. The molecule has 1 aromatic rings. The Bertz CT molecular complexity index is 738. The highest BCUT2D eigenvalue weighted by Gasteiger charge is 2.32. The lowest BCUT2D eigenvalue weighted by Crippen LogP contribution is -2.32. The first-order valence-electron chi connectivity index (χ1n) is 8.47. The van der Waals surface area contributed by atoms with Gasteiger partial charge in [-0.15, -0.1) is 5.06 Å². The van der Waals surface area contributed by atoms with Crippen LogP contribution in [0, 0.1) is 0 Å². The number of benzene rings is 1. The van der Waals surface area contributed by atoms with Crippen molar-refractivity contribution in [2.45, 2.75) is 44.9 Å². The van der Waals surface area contributed by atoms with E-state index >= 15 is 0 Å². The van der Waals surface area contributed by atoms with E-state index in [0.717, 1.165) is 5.56 Å². The monoisotopic (exact) mass is 358 g/mol. The molecule has 0 saturated carbocycles. The first-order valence-corrected chi connectivity index (χ1v) is 8.47. The van der Waals surface area contributed by atoms with Crippen molar-refractivity contribution in [2.24, 2.45) is 0 Å². The predicted octanol–water partition coefficient (Wildman–Crippen LogP) is 1.27. The van der Waals surface area contributed by atoms with E-state index in [9.17, 15) is 24.0 Å². The summed E-state index contributed by atoms with van der Waals surface area (Å²) < 4.78 is 0. The number of hydroxylamine groups is 2. The van der Waals surface area contributed by atoms with Crippen LogP contribution in [0.15, 0.2) is 24.3 Å². The summed E-state index contributed by atoms with van der Waals surface area (Å²) in [5.41, 5.74) is 1.49. The second-order valence-electron chi connectivity index (χ2n) is 6.19. The first-order chi connectivity index (χ1) is 12.5. The summed E-state index contributed by atoms with van der Waals surface area (Å²) in [4.78, 5) is 63.9. The number of imide groups is 2. The molecule has 0 atom stereocenters. The Morgan fingerprint density at radius 3 is 1.96 bits per heavy atom. The highest BCUT2D eigenvalue weighted by molar-refractivity contribution is 6.19. The number of aryl methyl sites for hydroxylation is 1. The molecule has 0 N–H and O–H groups in total. The van der Waals surface area contributed by atoms with Crippen LogP contribution in [-0.4, -0.2) is 34.7 Å². The first kappa shape index (κ1) is 17.8. The quantitative estimate of drug-likeness (QED) is 0.710. The average Bonchev–Trinajstić information content (AvgIpc) is 3.11. The molecule has 3 rings (SSSR count). The second-order valence-corrected chi connectivity index (χ2v) is 6.19. The number of carbonyl (C=O) groups excluding carboxylic acids is 5. The van der Waals surface area contributed by atoms with Gasteiger partial charge in [0.05, 0.1) is 5.69 Å². The van der Waals surface area contributed by atoms with Crippen LogP contribution in [0.4, 0.5) is 5.69 Å². The minimum Gasteiger partial charge on any atom is -0.330 e. The van der Waals surface area contributed by atoms with Crippen molar-refractivity contribution in [3.05, 3.63) is 29.8 Å². The smallest absolute Gasteiger partial charge is 0.330 e. The summed E-state index contributed by atoms with van der Waals surface area (Å²) in [6.07, 6.45) is 1.76. The van der Waals surface area contributed by atoms with Crippen LogP contribution in [0.1, 0.15) is 44.1 Å². The highest BCUT2D eigenvalue weighted by atomic mass is 16.7. The molecule has 8 nitrogen and oxygen atoms in total. The second kappa shape index (κ2) is 7.47. The summed E-state index contributed by atoms with van der Waals surface area (Å²) >= 11 is 0. The Morgan fingerprint density at radius 2 is 1.38 bits per heavy atom. The van der Waals surface area contributed by atoms with Gasteiger partial charge in [-0.3, -0.25) is 24.1 Å². The minimum absolute atomic E-state index is 0.0699. The number of carbonyl (C=O) groups is 5. The SMILES string of the molecule is O=C(CCCc1ccc(N2C(=O)CCC2=O)cc1)ON1C(=O)CCC1=O. The fraction of sp³-hybridized carbons (Fsp3) is 0.389. The van der Waals surface area contributed by atoms with Gasteiger partial charge < -0.3 is 4.84 Å². The van der Waals surface area contributed by atoms with E-state index in [1.807, 2.05) is 0 Å². The molecule has 2 saturated heterocycles. The van der Waals surface area contributed by atoms with Crippen molar-refractivity contribution >= 4 is 35.3 Å². The van der Waals surface area contributed by atoms with Gasteiger partial charge in [0.25, 0.3) is 11.8 Å². The molecule has 8 heteroatoms. The van der Waals surface area contributed by atoms with E-state index < -0.39 is 17.8 Å². The van der Waals surface area contributed by atoms with Gasteiger partial charge in [-0.2, -0.15) is 0 Å². The lowest BCUT2D eigenvalue weighted by Gasteiger charge is -2.14. The van der Waals surface area contributed by atoms with Gasteiger partial charge >= 0.3 is 5.97 Å². The zero-order chi connectivity index (χ0) is 18.7. The molecule has 0 radical (unpaired) electrons. The van der Waals surface area contributed by atoms with Gasteiger partial charge in [-0.25, -0.2) is 4.79 Å². The maximum Gasteiger partial charge on any atom is 0.333 e. The summed E-state index contributed by atoms with van der Waals surface area (Å²) in [5, 5.41) is 0.543. The molecule has 0 unspecified atom stereocenters. The van der Waals surface area contributed by atoms with Gasteiger partial charge in [0.1, 0.15) is 0 Å². The van der Waals surface area contributed by atoms with E-state index in [1.54, 1.807) is 24.3 Å². The third-order valence-electron chi connectivity index (χ3n) is 4.29. The van der Waals surface area contributed by atoms with Gasteiger partial charge in [0, 0.05) is 32.1 Å². The maximum atomic E-state index is 11.7. The zero-order valence-electron chi connectivity index (χ0n) is 14.1. The van der Waals surface area contributed by atoms with Gasteiger partial charge in [-0.05, 0) is 30.5 Å². The molecule has 2 fully saturated rings. The fourth-order valence-electron chi connectivity index (χ4n) is 2.92. The van der Waals surface area contributed by atoms with Crippen LogP contribution in [0.2, 0.25) is 0 Å². The summed E-state index contributed by atoms with van der Waals surface area (Å²) in [6, 6.07) is 7.01. The topological polar surface area (TPSA) is 101 Å². The van der Waals surface area contributed by atoms with E-state index in [4.69, 9.17) is 4.84 Å². The molecule has 0 spiro atoms. The Morgan fingerprint density at radius 1 is 0.846 bits per heavy atom.